The molecule has 2 aromatic rings. The number of hydrogen-bond acceptors (Lipinski definition) is 4. The molecule has 0 amide bonds. The van der Waals surface area contributed by atoms with Crippen LogP contribution in [0.3, 0.4) is 0 Å². The molecule has 6 heteroatoms. The molecule has 0 saturated carbocycles. The lowest BCUT2D eigenvalue weighted by atomic mass is 9.84. The fourth-order valence-corrected chi connectivity index (χ4v) is 2.66. The molecule has 0 aromatic heterocycles. The molecule has 136 valence electrons. The summed E-state index contributed by atoms with van der Waals surface area (Å²) < 4.78 is 27.0. The van der Waals surface area contributed by atoms with E-state index in [1.165, 1.54) is 12.1 Å². The Morgan fingerprint density at radius 1 is 1.08 bits per heavy atom. The fraction of sp³-hybridized carbons (Fsp3) is 0.368. The first-order valence-electron chi connectivity index (χ1n) is 8.35. The minimum Gasteiger partial charge on any atom is -0.399 e. The van der Waals surface area contributed by atoms with Gasteiger partial charge in [0.25, 0.3) is 0 Å². The number of rotatable bonds is 7. The van der Waals surface area contributed by atoms with Crippen molar-refractivity contribution in [1.82, 2.24) is 0 Å². The van der Waals surface area contributed by atoms with Crippen LogP contribution < -0.4 is 21.9 Å². The molecule has 0 aliphatic carbocycles. The normalized spacial score (nSPS) is 11.4. The summed E-state index contributed by atoms with van der Waals surface area (Å²) in [4.78, 5) is 0. The van der Waals surface area contributed by atoms with E-state index in [9.17, 15) is 8.78 Å². The lowest BCUT2D eigenvalue weighted by Gasteiger charge is -2.28. The molecule has 0 aliphatic rings. The molecule has 0 radical (unpaired) electrons. The van der Waals surface area contributed by atoms with Crippen LogP contribution in [0.25, 0.3) is 0 Å². The Kier molecular flexibility index (Phi) is 5.85. The number of nitrogens with two attached hydrogens (primary N) is 2. The summed E-state index contributed by atoms with van der Waals surface area (Å²) >= 11 is 0. The molecule has 0 spiro atoms. The van der Waals surface area contributed by atoms with E-state index in [2.05, 4.69) is 5.32 Å². The number of anilines is 3. The molecule has 25 heavy (non-hydrogen) atoms. The molecular formula is C19H26F2N4. The number of nitrogens with one attached hydrogen (secondary N) is 1. The number of hydrazine groups is 1. The molecule has 0 heterocycles. The Bertz CT molecular complexity index is 711. The monoisotopic (exact) mass is 348 g/mol. The van der Waals surface area contributed by atoms with Gasteiger partial charge in [-0.3, -0.25) is 0 Å². The van der Waals surface area contributed by atoms with Crippen molar-refractivity contribution in [2.45, 2.75) is 32.6 Å². The van der Waals surface area contributed by atoms with Gasteiger partial charge in [-0.25, -0.2) is 14.6 Å². The van der Waals surface area contributed by atoms with Gasteiger partial charge in [0.2, 0.25) is 0 Å². The van der Waals surface area contributed by atoms with Crippen LogP contribution in [0.2, 0.25) is 0 Å². The molecular weight excluding hydrogens is 322 g/mol. The molecule has 0 saturated heterocycles. The third-order valence-corrected chi connectivity index (χ3v) is 4.16. The molecule has 5 N–H and O–H groups in total. The van der Waals surface area contributed by atoms with Crippen LogP contribution in [0.4, 0.5) is 25.8 Å². The number of hydrogen-bond donors (Lipinski definition) is 3. The van der Waals surface area contributed by atoms with Gasteiger partial charge >= 0.3 is 0 Å². The van der Waals surface area contributed by atoms with E-state index >= 15 is 0 Å². The van der Waals surface area contributed by atoms with Crippen molar-refractivity contribution in [1.29, 1.82) is 0 Å². The lowest BCUT2D eigenvalue weighted by Crippen LogP contribution is -2.33. The summed E-state index contributed by atoms with van der Waals surface area (Å²) in [6.07, 6.45) is 0.902. The van der Waals surface area contributed by atoms with Gasteiger partial charge in [0.15, 0.2) is 0 Å². The van der Waals surface area contributed by atoms with Crippen molar-refractivity contribution in [2.75, 3.05) is 29.1 Å². The van der Waals surface area contributed by atoms with Crippen LogP contribution in [0.15, 0.2) is 36.4 Å². The maximum absolute atomic E-state index is 13.5. The predicted octanol–water partition coefficient (Wildman–Crippen LogP) is 4.03. The van der Waals surface area contributed by atoms with Crippen LogP contribution in [0.5, 0.6) is 0 Å². The molecule has 2 rings (SSSR count). The molecule has 2 aromatic carbocycles. The maximum Gasteiger partial charge on any atom is 0.126 e. The summed E-state index contributed by atoms with van der Waals surface area (Å²) in [6.45, 7) is 7.07. The number of nitrogen functional groups attached to an aromatic ring is 1. The highest BCUT2D eigenvalue weighted by Crippen LogP contribution is 2.30. The van der Waals surface area contributed by atoms with Gasteiger partial charge in [0, 0.05) is 30.3 Å². The highest BCUT2D eigenvalue weighted by molar-refractivity contribution is 5.73. The van der Waals surface area contributed by atoms with Crippen molar-refractivity contribution < 1.29 is 8.78 Å². The Balaban J connectivity index is 2.22. The first-order valence-corrected chi connectivity index (χ1v) is 8.35. The third kappa shape index (κ3) is 4.82. The number of nitrogens with zero attached hydrogens (tertiary/aromatic N) is 1. The summed E-state index contributed by atoms with van der Waals surface area (Å²) in [5.74, 6) is 4.95. The Morgan fingerprint density at radius 2 is 1.72 bits per heavy atom. The Hall–Kier alpha value is -2.34. The zero-order chi connectivity index (χ0) is 18.6. The van der Waals surface area contributed by atoms with Crippen molar-refractivity contribution >= 4 is 17.1 Å². The summed E-state index contributed by atoms with van der Waals surface area (Å²) in [6, 6.07) is 9.07. The highest BCUT2D eigenvalue weighted by atomic mass is 19.1. The predicted molar refractivity (Wildman–Crippen MR) is 101 cm³/mol. The SMILES string of the molecule is CCCN(N)c1cc(N)ccc1NCC(C)(C)c1cc(F)cc(F)c1. The van der Waals surface area contributed by atoms with E-state index in [0.717, 1.165) is 23.9 Å². The zero-order valence-electron chi connectivity index (χ0n) is 14.9. The maximum atomic E-state index is 13.5. The van der Waals surface area contributed by atoms with E-state index < -0.39 is 17.0 Å². The molecule has 4 nitrogen and oxygen atoms in total. The van der Waals surface area contributed by atoms with Crippen LogP contribution in [0.1, 0.15) is 32.8 Å². The van der Waals surface area contributed by atoms with Crippen molar-refractivity contribution in [2.24, 2.45) is 5.84 Å². The number of halogens is 2. The quantitative estimate of drug-likeness (QED) is 0.401. The van der Waals surface area contributed by atoms with E-state index in [4.69, 9.17) is 11.6 Å². The van der Waals surface area contributed by atoms with Crippen LogP contribution >= 0.6 is 0 Å². The zero-order valence-corrected chi connectivity index (χ0v) is 14.9. The average molecular weight is 348 g/mol. The Labute approximate surface area is 147 Å². The van der Waals surface area contributed by atoms with Gasteiger partial charge in [-0.05, 0) is 42.3 Å². The molecule has 0 unspecified atom stereocenters. The minimum atomic E-state index is -0.577. The average Bonchev–Trinajstić information content (AvgIpc) is 2.53. The molecule has 0 atom stereocenters. The van der Waals surface area contributed by atoms with E-state index in [-0.39, 0.29) is 0 Å². The number of benzene rings is 2. The largest absolute Gasteiger partial charge is 0.399 e. The van der Waals surface area contributed by atoms with Crippen molar-refractivity contribution in [3.05, 3.63) is 53.6 Å². The standard InChI is InChI=1S/C19H26F2N4/c1-4-7-25(23)18-11-16(22)5-6-17(18)24-12-19(2,3)13-8-14(20)10-15(21)9-13/h5-6,8-11,24H,4,7,12,22-23H2,1-3H3. The van der Waals surface area contributed by atoms with Crippen molar-refractivity contribution in [3.8, 4) is 0 Å². The van der Waals surface area contributed by atoms with Gasteiger partial charge in [-0.1, -0.05) is 20.8 Å². The second-order valence-corrected chi connectivity index (χ2v) is 6.87. The highest BCUT2D eigenvalue weighted by Gasteiger charge is 2.23. The molecule has 0 bridgehead atoms. The topological polar surface area (TPSA) is 67.3 Å². The van der Waals surface area contributed by atoms with Crippen LogP contribution in [-0.2, 0) is 5.41 Å². The van der Waals surface area contributed by atoms with Gasteiger partial charge < -0.3 is 16.1 Å². The summed E-state index contributed by atoms with van der Waals surface area (Å²) in [5.41, 5.74) is 8.23. The summed E-state index contributed by atoms with van der Waals surface area (Å²) in [7, 11) is 0. The van der Waals surface area contributed by atoms with Gasteiger partial charge in [0.05, 0.1) is 11.4 Å². The Morgan fingerprint density at radius 3 is 2.32 bits per heavy atom. The van der Waals surface area contributed by atoms with E-state index in [0.29, 0.717) is 24.3 Å². The van der Waals surface area contributed by atoms with Crippen LogP contribution in [-0.4, -0.2) is 13.1 Å². The van der Waals surface area contributed by atoms with E-state index in [1.54, 1.807) is 11.1 Å². The van der Waals surface area contributed by atoms with Gasteiger partial charge in [0.1, 0.15) is 11.6 Å². The lowest BCUT2D eigenvalue weighted by molar-refractivity contribution is 0.528. The second kappa shape index (κ2) is 7.70. The first-order chi connectivity index (χ1) is 11.7. The van der Waals surface area contributed by atoms with Gasteiger partial charge in [-0.15, -0.1) is 0 Å². The minimum absolute atomic E-state index is 0.479. The second-order valence-electron chi connectivity index (χ2n) is 6.87. The van der Waals surface area contributed by atoms with Gasteiger partial charge in [-0.2, -0.15) is 0 Å². The fourth-order valence-electron chi connectivity index (χ4n) is 2.66. The van der Waals surface area contributed by atoms with Crippen LogP contribution in [0, 0.1) is 11.6 Å². The van der Waals surface area contributed by atoms with Crippen molar-refractivity contribution in [3.63, 3.8) is 0 Å². The summed E-state index contributed by atoms with van der Waals surface area (Å²) in [5, 5.41) is 4.98. The third-order valence-electron chi connectivity index (χ3n) is 4.16. The van der Waals surface area contributed by atoms with E-state index in [1.807, 2.05) is 32.9 Å². The molecule has 0 fully saturated rings. The smallest absolute Gasteiger partial charge is 0.126 e. The first kappa shape index (κ1) is 19.0. The molecule has 0 aliphatic heterocycles.